The van der Waals surface area contributed by atoms with Gasteiger partial charge in [-0.1, -0.05) is 25.3 Å². The molecule has 29 heavy (non-hydrogen) atoms. The Morgan fingerprint density at radius 3 is 2.48 bits per heavy atom. The van der Waals surface area contributed by atoms with Gasteiger partial charge < -0.3 is 10.1 Å². The van der Waals surface area contributed by atoms with E-state index in [2.05, 4.69) is 15.3 Å². The number of hydrogen-bond donors (Lipinski definition) is 1. The maximum Gasteiger partial charge on any atom is 0.258 e. The zero-order chi connectivity index (χ0) is 20.9. The molecule has 8 heteroatoms. The van der Waals surface area contributed by atoms with Crippen LogP contribution < -0.4 is 10.1 Å². The minimum absolute atomic E-state index is 0.0733. The lowest BCUT2D eigenvalue weighted by molar-refractivity contribution is 0.0931. The highest BCUT2D eigenvalue weighted by atomic mass is 32.2. The SMILES string of the molecule is CC(/C=C/S(C)(=O)=O)NC(=O)c1cnc(C2CCCC2)nc1OC1CCCCC1. The number of sulfone groups is 1. The lowest BCUT2D eigenvalue weighted by Gasteiger charge is -2.24. The second-order valence-corrected chi connectivity index (χ2v) is 10.2. The monoisotopic (exact) mass is 421 g/mol. The van der Waals surface area contributed by atoms with Crippen molar-refractivity contribution in [2.75, 3.05) is 6.26 Å². The number of carbonyl (C=O) groups excluding carboxylic acids is 1. The zero-order valence-electron chi connectivity index (χ0n) is 17.3. The topological polar surface area (TPSA) is 98.2 Å². The third-order valence-corrected chi connectivity index (χ3v) is 6.19. The average Bonchev–Trinajstić information content (AvgIpc) is 3.21. The van der Waals surface area contributed by atoms with E-state index in [9.17, 15) is 13.2 Å². The van der Waals surface area contributed by atoms with Crippen LogP contribution in [-0.4, -0.2) is 42.7 Å². The fraction of sp³-hybridized carbons (Fsp3) is 0.667. The van der Waals surface area contributed by atoms with Crippen LogP contribution >= 0.6 is 0 Å². The van der Waals surface area contributed by atoms with Crippen LogP contribution in [0.15, 0.2) is 17.7 Å². The van der Waals surface area contributed by atoms with Gasteiger partial charge in [0.15, 0.2) is 9.84 Å². The summed E-state index contributed by atoms with van der Waals surface area (Å²) in [6.45, 7) is 1.72. The van der Waals surface area contributed by atoms with Crippen LogP contribution in [0, 0.1) is 0 Å². The number of amides is 1. The molecule has 0 bridgehead atoms. The molecule has 0 spiro atoms. The van der Waals surface area contributed by atoms with Gasteiger partial charge >= 0.3 is 0 Å². The largest absolute Gasteiger partial charge is 0.474 e. The van der Waals surface area contributed by atoms with Crippen molar-refractivity contribution in [3.63, 3.8) is 0 Å². The Bertz CT molecular complexity index is 841. The maximum absolute atomic E-state index is 12.8. The highest BCUT2D eigenvalue weighted by Gasteiger charge is 2.25. The first-order chi connectivity index (χ1) is 13.8. The molecule has 3 rings (SSSR count). The molecular formula is C21H31N3O4S. The summed E-state index contributed by atoms with van der Waals surface area (Å²) in [4.78, 5) is 21.9. The van der Waals surface area contributed by atoms with E-state index in [0.29, 0.717) is 17.4 Å². The van der Waals surface area contributed by atoms with E-state index in [0.717, 1.165) is 56.0 Å². The fourth-order valence-corrected chi connectivity index (χ4v) is 4.46. The predicted molar refractivity (Wildman–Crippen MR) is 112 cm³/mol. The summed E-state index contributed by atoms with van der Waals surface area (Å²) in [5.41, 5.74) is 0.303. The van der Waals surface area contributed by atoms with Crippen molar-refractivity contribution in [2.24, 2.45) is 0 Å². The molecule has 1 unspecified atom stereocenters. The van der Waals surface area contributed by atoms with Gasteiger partial charge in [0.25, 0.3) is 5.91 Å². The Kier molecular flexibility index (Phi) is 7.27. The molecule has 0 saturated heterocycles. The molecule has 1 aromatic rings. The smallest absolute Gasteiger partial charge is 0.258 e. The van der Waals surface area contributed by atoms with Gasteiger partial charge in [0.05, 0.1) is 0 Å². The summed E-state index contributed by atoms with van der Waals surface area (Å²) >= 11 is 0. The summed E-state index contributed by atoms with van der Waals surface area (Å²) in [5.74, 6) is 1.08. The number of hydrogen-bond acceptors (Lipinski definition) is 6. The lowest BCUT2D eigenvalue weighted by Crippen LogP contribution is -2.32. The zero-order valence-corrected chi connectivity index (χ0v) is 18.1. The highest BCUT2D eigenvalue weighted by Crippen LogP contribution is 2.33. The number of aromatic nitrogens is 2. The molecule has 0 aliphatic heterocycles. The van der Waals surface area contributed by atoms with Crippen molar-refractivity contribution >= 4 is 15.7 Å². The third kappa shape index (κ3) is 6.52. The Morgan fingerprint density at radius 2 is 1.83 bits per heavy atom. The first-order valence-corrected chi connectivity index (χ1v) is 12.5. The van der Waals surface area contributed by atoms with Crippen LogP contribution in [0.2, 0.25) is 0 Å². The van der Waals surface area contributed by atoms with Gasteiger partial charge in [-0.25, -0.2) is 13.4 Å². The molecule has 2 saturated carbocycles. The average molecular weight is 422 g/mol. The van der Waals surface area contributed by atoms with Gasteiger partial charge in [-0.2, -0.15) is 4.98 Å². The van der Waals surface area contributed by atoms with Crippen LogP contribution in [-0.2, 0) is 9.84 Å². The van der Waals surface area contributed by atoms with Crippen molar-refractivity contribution in [1.29, 1.82) is 0 Å². The molecule has 1 atom stereocenters. The standard InChI is InChI=1S/C21H31N3O4S/c1-15(12-13-29(2,26)27)23-20(25)18-14-22-19(16-8-6-7-9-16)24-21(18)28-17-10-4-3-5-11-17/h12-17H,3-11H2,1-2H3,(H,23,25)/b13-12+. The van der Waals surface area contributed by atoms with E-state index in [1.54, 1.807) is 13.1 Å². The summed E-state index contributed by atoms with van der Waals surface area (Å²) in [6, 6.07) is -0.450. The molecule has 1 heterocycles. The van der Waals surface area contributed by atoms with Gasteiger partial charge in [-0.15, -0.1) is 0 Å². The molecule has 2 aliphatic rings. The van der Waals surface area contributed by atoms with E-state index in [1.165, 1.54) is 25.3 Å². The maximum atomic E-state index is 12.8. The van der Waals surface area contributed by atoms with Gasteiger partial charge in [0, 0.05) is 29.8 Å². The van der Waals surface area contributed by atoms with E-state index < -0.39 is 15.9 Å². The van der Waals surface area contributed by atoms with Crippen molar-refractivity contribution in [1.82, 2.24) is 15.3 Å². The van der Waals surface area contributed by atoms with Crippen LogP contribution in [0.1, 0.15) is 86.8 Å². The van der Waals surface area contributed by atoms with Gasteiger partial charge in [0.1, 0.15) is 17.5 Å². The van der Waals surface area contributed by atoms with E-state index in [-0.39, 0.29) is 12.0 Å². The van der Waals surface area contributed by atoms with E-state index in [4.69, 9.17) is 4.74 Å². The third-order valence-electron chi connectivity index (χ3n) is 5.54. The number of nitrogens with zero attached hydrogens (tertiary/aromatic N) is 2. The number of carbonyl (C=O) groups is 1. The van der Waals surface area contributed by atoms with Crippen LogP contribution in [0.3, 0.4) is 0 Å². The van der Waals surface area contributed by atoms with E-state index >= 15 is 0 Å². The number of ether oxygens (including phenoxy) is 1. The highest BCUT2D eigenvalue weighted by molar-refractivity contribution is 7.93. The van der Waals surface area contributed by atoms with E-state index in [1.807, 2.05) is 0 Å². The Morgan fingerprint density at radius 1 is 1.17 bits per heavy atom. The molecule has 1 N–H and O–H groups in total. The summed E-state index contributed by atoms with van der Waals surface area (Å²) in [7, 11) is -3.24. The lowest BCUT2D eigenvalue weighted by atomic mass is 9.98. The summed E-state index contributed by atoms with van der Waals surface area (Å²) in [5, 5.41) is 3.88. The number of nitrogens with one attached hydrogen (secondary N) is 1. The Hall–Kier alpha value is -1.96. The first-order valence-electron chi connectivity index (χ1n) is 10.5. The Balaban J connectivity index is 1.79. The van der Waals surface area contributed by atoms with Crippen LogP contribution in [0.5, 0.6) is 5.88 Å². The van der Waals surface area contributed by atoms with Crippen LogP contribution in [0.25, 0.3) is 0 Å². The molecular weight excluding hydrogens is 390 g/mol. The minimum atomic E-state index is -3.24. The molecule has 7 nitrogen and oxygen atoms in total. The van der Waals surface area contributed by atoms with Crippen molar-refractivity contribution in [2.45, 2.75) is 82.8 Å². The normalized spacial score (nSPS) is 20.1. The number of rotatable bonds is 7. The molecule has 1 aromatic heterocycles. The molecule has 2 fully saturated rings. The fourth-order valence-electron chi connectivity index (χ4n) is 3.94. The second kappa shape index (κ2) is 9.69. The Labute approximate surface area is 173 Å². The van der Waals surface area contributed by atoms with Gasteiger partial charge in [-0.3, -0.25) is 4.79 Å². The summed E-state index contributed by atoms with van der Waals surface area (Å²) in [6.07, 6.45) is 14.1. The van der Waals surface area contributed by atoms with Crippen molar-refractivity contribution in [3.8, 4) is 5.88 Å². The predicted octanol–water partition coefficient (Wildman–Crippen LogP) is 3.52. The van der Waals surface area contributed by atoms with Gasteiger partial charge in [-0.05, 0) is 45.4 Å². The first kappa shape index (κ1) is 21.7. The van der Waals surface area contributed by atoms with Crippen molar-refractivity contribution < 1.29 is 17.9 Å². The van der Waals surface area contributed by atoms with Crippen molar-refractivity contribution in [3.05, 3.63) is 29.1 Å². The minimum Gasteiger partial charge on any atom is -0.474 e. The molecule has 0 aromatic carbocycles. The molecule has 160 valence electrons. The summed E-state index contributed by atoms with van der Waals surface area (Å²) < 4.78 is 28.8. The molecule has 1 amide bonds. The van der Waals surface area contributed by atoms with Crippen LogP contribution in [0.4, 0.5) is 0 Å². The quantitative estimate of drug-likeness (QED) is 0.723. The molecule has 0 radical (unpaired) electrons. The second-order valence-electron chi connectivity index (χ2n) is 8.23. The molecule has 2 aliphatic carbocycles. The van der Waals surface area contributed by atoms with Gasteiger partial charge in [0.2, 0.25) is 5.88 Å².